The van der Waals surface area contributed by atoms with Crippen molar-refractivity contribution in [2.75, 3.05) is 20.8 Å². The summed E-state index contributed by atoms with van der Waals surface area (Å²) in [5.41, 5.74) is 0.392. The molecule has 17 heavy (non-hydrogen) atoms. The minimum absolute atomic E-state index is 0.380. The lowest BCUT2D eigenvalue weighted by Crippen LogP contribution is -2.08. The topological polar surface area (TPSA) is 44.8 Å². The number of benzene rings is 1. The van der Waals surface area contributed by atoms with Gasteiger partial charge in [-0.2, -0.15) is 0 Å². The van der Waals surface area contributed by atoms with Crippen LogP contribution in [-0.4, -0.2) is 26.8 Å². The van der Waals surface area contributed by atoms with Crippen molar-refractivity contribution in [3.05, 3.63) is 23.8 Å². The van der Waals surface area contributed by atoms with Crippen LogP contribution in [0.2, 0.25) is 0 Å². The van der Waals surface area contributed by atoms with Crippen molar-refractivity contribution in [3.63, 3.8) is 0 Å². The number of hydrogen-bond donors (Lipinski definition) is 0. The van der Waals surface area contributed by atoms with Crippen molar-refractivity contribution in [2.24, 2.45) is 0 Å². The maximum Gasteiger partial charge on any atom is 0.342 e. The third-order valence-electron chi connectivity index (χ3n) is 2.36. The van der Waals surface area contributed by atoms with Gasteiger partial charge in [0.25, 0.3) is 0 Å². The maximum absolute atomic E-state index is 11.8. The minimum atomic E-state index is -0.380. The molecule has 0 atom stereocenters. The second-order valence-electron chi connectivity index (χ2n) is 3.56. The molecule has 0 amide bonds. The van der Waals surface area contributed by atoms with Crippen LogP contribution in [0.1, 0.15) is 30.1 Å². The molecule has 0 saturated heterocycles. The molecule has 0 aliphatic rings. The highest BCUT2D eigenvalue weighted by Crippen LogP contribution is 2.24. The molecule has 0 saturated carbocycles. The molecule has 0 aliphatic carbocycles. The van der Waals surface area contributed by atoms with E-state index in [0.29, 0.717) is 23.7 Å². The molecule has 0 N–H and O–H groups in total. The van der Waals surface area contributed by atoms with Crippen LogP contribution in [0.25, 0.3) is 0 Å². The van der Waals surface area contributed by atoms with Crippen molar-refractivity contribution in [1.82, 2.24) is 0 Å². The van der Waals surface area contributed by atoms with Crippen LogP contribution in [-0.2, 0) is 4.74 Å². The van der Waals surface area contributed by atoms with Crippen molar-refractivity contribution < 1.29 is 19.0 Å². The van der Waals surface area contributed by atoms with Crippen LogP contribution < -0.4 is 9.47 Å². The summed E-state index contributed by atoms with van der Waals surface area (Å²) in [4.78, 5) is 11.8. The van der Waals surface area contributed by atoms with Crippen molar-refractivity contribution >= 4 is 5.97 Å². The molecular formula is C13H18O4. The zero-order valence-corrected chi connectivity index (χ0v) is 10.5. The molecule has 0 radical (unpaired) electrons. The summed E-state index contributed by atoms with van der Waals surface area (Å²) in [7, 11) is 3.07. The van der Waals surface area contributed by atoms with E-state index in [2.05, 4.69) is 0 Å². The first-order chi connectivity index (χ1) is 8.22. The van der Waals surface area contributed by atoms with Gasteiger partial charge in [-0.05, 0) is 24.6 Å². The van der Waals surface area contributed by atoms with E-state index in [1.54, 1.807) is 25.3 Å². The van der Waals surface area contributed by atoms with Gasteiger partial charge in [0.1, 0.15) is 17.1 Å². The van der Waals surface area contributed by atoms with Gasteiger partial charge in [0.15, 0.2) is 0 Å². The Bertz CT molecular complexity index is 374. The first-order valence-electron chi connectivity index (χ1n) is 5.62. The largest absolute Gasteiger partial charge is 0.497 e. The molecule has 1 aromatic rings. The molecule has 94 valence electrons. The van der Waals surface area contributed by atoms with Crippen LogP contribution in [0, 0.1) is 0 Å². The van der Waals surface area contributed by atoms with Gasteiger partial charge in [-0.1, -0.05) is 13.3 Å². The molecule has 4 nitrogen and oxygen atoms in total. The molecule has 4 heteroatoms. The van der Waals surface area contributed by atoms with Crippen LogP contribution in [0.15, 0.2) is 18.2 Å². The third kappa shape index (κ3) is 3.66. The van der Waals surface area contributed by atoms with Crippen LogP contribution in [0.3, 0.4) is 0 Å². The number of unbranched alkanes of at least 4 members (excludes halogenated alkanes) is 1. The van der Waals surface area contributed by atoms with E-state index in [-0.39, 0.29) is 5.97 Å². The Kier molecular flexibility index (Phi) is 5.33. The smallest absolute Gasteiger partial charge is 0.342 e. The van der Waals surface area contributed by atoms with Gasteiger partial charge >= 0.3 is 5.97 Å². The summed E-state index contributed by atoms with van der Waals surface area (Å²) in [6.45, 7) is 2.47. The summed E-state index contributed by atoms with van der Waals surface area (Å²) >= 11 is 0. The number of hydrogen-bond acceptors (Lipinski definition) is 4. The lowest BCUT2D eigenvalue weighted by molar-refractivity contribution is 0.0495. The second-order valence-corrected chi connectivity index (χ2v) is 3.56. The average molecular weight is 238 g/mol. The molecular weight excluding hydrogens is 220 g/mol. The predicted octanol–water partition coefficient (Wildman–Crippen LogP) is 2.66. The van der Waals surface area contributed by atoms with Crippen molar-refractivity contribution in [1.29, 1.82) is 0 Å². The zero-order valence-electron chi connectivity index (χ0n) is 10.5. The lowest BCUT2D eigenvalue weighted by Gasteiger charge is -2.10. The number of ether oxygens (including phenoxy) is 3. The minimum Gasteiger partial charge on any atom is -0.497 e. The van der Waals surface area contributed by atoms with Crippen LogP contribution in [0.4, 0.5) is 0 Å². The van der Waals surface area contributed by atoms with Crippen LogP contribution in [0.5, 0.6) is 11.5 Å². The monoisotopic (exact) mass is 238 g/mol. The fraction of sp³-hybridized carbons (Fsp3) is 0.462. The maximum atomic E-state index is 11.8. The standard InChI is InChI=1S/C13H18O4/c1-4-5-8-17-13(14)11-9-10(15-2)6-7-12(11)16-3/h6-7,9H,4-5,8H2,1-3H3. The fourth-order valence-corrected chi connectivity index (χ4v) is 1.36. The van der Waals surface area contributed by atoms with Gasteiger partial charge in [-0.3, -0.25) is 0 Å². The first kappa shape index (κ1) is 13.4. The normalized spacial score (nSPS) is 9.82. The molecule has 0 unspecified atom stereocenters. The highest BCUT2D eigenvalue weighted by molar-refractivity contribution is 5.93. The fourth-order valence-electron chi connectivity index (χ4n) is 1.36. The summed E-state index contributed by atoms with van der Waals surface area (Å²) in [6, 6.07) is 5.05. The number of methoxy groups -OCH3 is 2. The highest BCUT2D eigenvalue weighted by atomic mass is 16.5. The first-order valence-corrected chi connectivity index (χ1v) is 5.62. The molecule has 0 bridgehead atoms. The second kappa shape index (κ2) is 6.78. The molecule has 0 aromatic heterocycles. The lowest BCUT2D eigenvalue weighted by atomic mass is 10.2. The molecule has 1 aromatic carbocycles. The molecule has 1 rings (SSSR count). The van der Waals surface area contributed by atoms with Gasteiger partial charge in [0.05, 0.1) is 20.8 Å². The third-order valence-corrected chi connectivity index (χ3v) is 2.36. The van der Waals surface area contributed by atoms with Gasteiger partial charge in [-0.25, -0.2) is 4.79 Å². The number of carbonyl (C=O) groups excluding carboxylic acids is 1. The Morgan fingerprint density at radius 2 is 2.00 bits per heavy atom. The number of esters is 1. The van der Waals surface area contributed by atoms with Crippen LogP contribution >= 0.6 is 0 Å². The molecule has 0 aliphatic heterocycles. The van der Waals surface area contributed by atoms with E-state index in [0.717, 1.165) is 12.8 Å². The quantitative estimate of drug-likeness (QED) is 0.564. The van der Waals surface area contributed by atoms with Gasteiger partial charge < -0.3 is 14.2 Å². The van der Waals surface area contributed by atoms with Crippen molar-refractivity contribution in [2.45, 2.75) is 19.8 Å². The Morgan fingerprint density at radius 1 is 1.24 bits per heavy atom. The highest BCUT2D eigenvalue weighted by Gasteiger charge is 2.14. The molecule has 0 heterocycles. The number of carbonyl (C=O) groups is 1. The van der Waals surface area contributed by atoms with E-state index in [1.165, 1.54) is 7.11 Å². The Hall–Kier alpha value is -1.71. The van der Waals surface area contributed by atoms with Crippen molar-refractivity contribution in [3.8, 4) is 11.5 Å². The van der Waals surface area contributed by atoms with E-state index in [1.807, 2.05) is 6.92 Å². The van der Waals surface area contributed by atoms with E-state index >= 15 is 0 Å². The Labute approximate surface area is 101 Å². The number of rotatable bonds is 6. The van der Waals surface area contributed by atoms with Gasteiger partial charge in [0, 0.05) is 0 Å². The predicted molar refractivity (Wildman–Crippen MR) is 64.7 cm³/mol. The molecule has 0 fully saturated rings. The van der Waals surface area contributed by atoms with E-state index < -0.39 is 0 Å². The summed E-state index contributed by atoms with van der Waals surface area (Å²) in [5.74, 6) is 0.717. The summed E-state index contributed by atoms with van der Waals surface area (Å²) < 4.78 is 15.3. The molecule has 0 spiro atoms. The average Bonchev–Trinajstić information content (AvgIpc) is 2.38. The summed E-state index contributed by atoms with van der Waals surface area (Å²) in [6.07, 6.45) is 1.85. The van der Waals surface area contributed by atoms with Gasteiger partial charge in [0.2, 0.25) is 0 Å². The van der Waals surface area contributed by atoms with E-state index in [9.17, 15) is 4.79 Å². The SMILES string of the molecule is CCCCOC(=O)c1cc(OC)ccc1OC. The zero-order chi connectivity index (χ0) is 12.7. The Balaban J connectivity index is 2.82. The summed E-state index contributed by atoms with van der Waals surface area (Å²) in [5, 5.41) is 0. The van der Waals surface area contributed by atoms with E-state index in [4.69, 9.17) is 14.2 Å². The van der Waals surface area contributed by atoms with Gasteiger partial charge in [-0.15, -0.1) is 0 Å². The Morgan fingerprint density at radius 3 is 2.59 bits per heavy atom.